The Labute approximate surface area is 115 Å². The summed E-state index contributed by atoms with van der Waals surface area (Å²) in [6, 6.07) is 8.93. The first-order chi connectivity index (χ1) is 9.24. The fourth-order valence-electron chi connectivity index (χ4n) is 1.97. The lowest BCUT2D eigenvalue weighted by molar-refractivity contribution is 0.102. The molecule has 19 heavy (non-hydrogen) atoms. The number of pyridine rings is 1. The van der Waals surface area contributed by atoms with Gasteiger partial charge in [0.15, 0.2) is 5.82 Å². The first kappa shape index (κ1) is 12.1. The normalized spacial score (nSPS) is 13.1. The molecule has 0 aliphatic carbocycles. The highest BCUT2D eigenvalue weighted by Crippen LogP contribution is 2.22. The molecule has 2 heterocycles. The zero-order valence-electron chi connectivity index (χ0n) is 10.0. The number of hydrogen-bond donors (Lipinski definition) is 1. The minimum absolute atomic E-state index is 0.227. The van der Waals surface area contributed by atoms with Gasteiger partial charge in [-0.2, -0.15) is 0 Å². The van der Waals surface area contributed by atoms with Crippen LogP contribution in [0.25, 0.3) is 0 Å². The van der Waals surface area contributed by atoms with Crippen molar-refractivity contribution < 1.29 is 9.53 Å². The Morgan fingerprint density at radius 3 is 2.95 bits per heavy atom. The molecule has 0 radical (unpaired) electrons. The fourth-order valence-corrected chi connectivity index (χ4v) is 2.14. The zero-order chi connectivity index (χ0) is 13.2. The SMILES string of the molecule is O=C(Nc1ncccc1Cl)c1ccc2c(c1)COC2. The van der Waals surface area contributed by atoms with Crippen molar-refractivity contribution in [2.24, 2.45) is 0 Å². The van der Waals surface area contributed by atoms with Gasteiger partial charge in [-0.15, -0.1) is 0 Å². The molecule has 1 amide bonds. The number of rotatable bonds is 2. The van der Waals surface area contributed by atoms with Gasteiger partial charge < -0.3 is 10.1 Å². The lowest BCUT2D eigenvalue weighted by Crippen LogP contribution is -2.13. The molecule has 0 saturated heterocycles. The topological polar surface area (TPSA) is 51.2 Å². The number of nitrogens with one attached hydrogen (secondary N) is 1. The van der Waals surface area contributed by atoms with E-state index >= 15 is 0 Å². The third-order valence-corrected chi connectivity index (χ3v) is 3.28. The Morgan fingerprint density at radius 1 is 1.26 bits per heavy atom. The van der Waals surface area contributed by atoms with Gasteiger partial charge >= 0.3 is 0 Å². The number of ether oxygens (including phenoxy) is 1. The highest BCUT2D eigenvalue weighted by atomic mass is 35.5. The van der Waals surface area contributed by atoms with Crippen LogP contribution in [0.1, 0.15) is 21.5 Å². The maximum absolute atomic E-state index is 12.1. The number of benzene rings is 1. The first-order valence-corrected chi connectivity index (χ1v) is 6.23. The minimum Gasteiger partial charge on any atom is -0.372 e. The summed E-state index contributed by atoms with van der Waals surface area (Å²) in [5.41, 5.74) is 2.76. The van der Waals surface area contributed by atoms with Crippen LogP contribution in [0.5, 0.6) is 0 Å². The van der Waals surface area contributed by atoms with Crippen LogP contribution in [-0.4, -0.2) is 10.9 Å². The molecule has 0 spiro atoms. The first-order valence-electron chi connectivity index (χ1n) is 5.85. The molecule has 1 aliphatic heterocycles. The number of aromatic nitrogens is 1. The summed E-state index contributed by atoms with van der Waals surface area (Å²) >= 11 is 5.95. The van der Waals surface area contributed by atoms with Crippen LogP contribution in [0, 0.1) is 0 Å². The average molecular weight is 275 g/mol. The molecule has 1 N–H and O–H groups in total. The summed E-state index contributed by atoms with van der Waals surface area (Å²) in [5, 5.41) is 3.11. The van der Waals surface area contributed by atoms with E-state index in [1.54, 1.807) is 24.4 Å². The maximum Gasteiger partial charge on any atom is 0.256 e. The molecule has 4 nitrogen and oxygen atoms in total. The second-order valence-corrected chi connectivity index (χ2v) is 4.67. The largest absolute Gasteiger partial charge is 0.372 e. The summed E-state index contributed by atoms with van der Waals surface area (Å²) in [6.45, 7) is 1.17. The number of carbonyl (C=O) groups is 1. The monoisotopic (exact) mass is 274 g/mol. The predicted molar refractivity (Wildman–Crippen MR) is 72.1 cm³/mol. The van der Waals surface area contributed by atoms with Crippen molar-refractivity contribution in [3.8, 4) is 0 Å². The molecule has 1 aromatic heterocycles. The highest BCUT2D eigenvalue weighted by Gasteiger charge is 2.15. The summed E-state index contributed by atoms with van der Waals surface area (Å²) in [7, 11) is 0. The lowest BCUT2D eigenvalue weighted by atomic mass is 10.1. The number of carbonyl (C=O) groups excluding carboxylic acids is 1. The molecule has 3 rings (SSSR count). The van der Waals surface area contributed by atoms with Crippen molar-refractivity contribution in [2.75, 3.05) is 5.32 Å². The molecule has 5 heteroatoms. The van der Waals surface area contributed by atoms with Crippen LogP contribution in [0.4, 0.5) is 5.82 Å². The van der Waals surface area contributed by atoms with Crippen LogP contribution in [0.3, 0.4) is 0 Å². The van der Waals surface area contributed by atoms with Gasteiger partial charge in [0.25, 0.3) is 5.91 Å². The highest BCUT2D eigenvalue weighted by molar-refractivity contribution is 6.33. The molecule has 0 fully saturated rings. The molecule has 96 valence electrons. The van der Waals surface area contributed by atoms with Gasteiger partial charge in [-0.3, -0.25) is 4.79 Å². The quantitative estimate of drug-likeness (QED) is 0.916. The van der Waals surface area contributed by atoms with Crippen molar-refractivity contribution in [3.63, 3.8) is 0 Å². The van der Waals surface area contributed by atoms with Crippen LogP contribution in [0.2, 0.25) is 5.02 Å². The van der Waals surface area contributed by atoms with E-state index in [1.807, 2.05) is 12.1 Å². The predicted octanol–water partition coefficient (Wildman–Crippen LogP) is 3.02. The molecular formula is C14H11ClN2O2. The number of nitrogens with zero attached hydrogens (tertiary/aromatic N) is 1. The molecule has 0 unspecified atom stereocenters. The van der Waals surface area contributed by atoms with Crippen molar-refractivity contribution in [1.29, 1.82) is 0 Å². The third-order valence-electron chi connectivity index (χ3n) is 2.97. The molecule has 1 aliphatic rings. The van der Waals surface area contributed by atoms with Gasteiger partial charge in [0.05, 0.1) is 18.2 Å². The van der Waals surface area contributed by atoms with E-state index in [2.05, 4.69) is 10.3 Å². The average Bonchev–Trinajstić information content (AvgIpc) is 2.88. The van der Waals surface area contributed by atoms with E-state index in [0.717, 1.165) is 11.1 Å². The molecular weight excluding hydrogens is 264 g/mol. The Kier molecular flexibility index (Phi) is 3.19. The second-order valence-electron chi connectivity index (χ2n) is 4.26. The number of anilines is 1. The molecule has 0 saturated carbocycles. The third kappa shape index (κ3) is 2.45. The van der Waals surface area contributed by atoms with Crippen molar-refractivity contribution in [2.45, 2.75) is 13.2 Å². The van der Waals surface area contributed by atoms with E-state index in [0.29, 0.717) is 29.6 Å². The van der Waals surface area contributed by atoms with Gasteiger partial charge in [-0.25, -0.2) is 4.98 Å². The van der Waals surface area contributed by atoms with Gasteiger partial charge in [0.2, 0.25) is 0 Å². The summed E-state index contributed by atoms with van der Waals surface area (Å²) in [4.78, 5) is 16.1. The Bertz CT molecular complexity index is 643. The summed E-state index contributed by atoms with van der Waals surface area (Å²) < 4.78 is 5.32. The van der Waals surface area contributed by atoms with Crippen LogP contribution in [-0.2, 0) is 18.0 Å². The van der Waals surface area contributed by atoms with Gasteiger partial charge in [-0.1, -0.05) is 17.7 Å². The summed E-state index contributed by atoms with van der Waals surface area (Å²) in [5.74, 6) is 0.140. The second kappa shape index (κ2) is 4.99. The molecule has 2 aromatic rings. The van der Waals surface area contributed by atoms with E-state index in [9.17, 15) is 4.79 Å². The van der Waals surface area contributed by atoms with Crippen molar-refractivity contribution in [3.05, 3.63) is 58.2 Å². The van der Waals surface area contributed by atoms with Crippen molar-refractivity contribution >= 4 is 23.3 Å². The van der Waals surface area contributed by atoms with E-state index in [1.165, 1.54) is 0 Å². The number of fused-ring (bicyclic) bond motifs is 1. The van der Waals surface area contributed by atoms with Crippen LogP contribution in [0.15, 0.2) is 36.5 Å². The molecule has 0 atom stereocenters. The summed E-state index contributed by atoms with van der Waals surface area (Å²) in [6.07, 6.45) is 1.58. The van der Waals surface area contributed by atoms with E-state index < -0.39 is 0 Å². The van der Waals surface area contributed by atoms with Crippen LogP contribution >= 0.6 is 11.6 Å². The number of amides is 1. The van der Waals surface area contributed by atoms with Crippen LogP contribution < -0.4 is 5.32 Å². The Balaban J connectivity index is 1.83. The molecule has 0 bridgehead atoms. The standard InChI is InChI=1S/C14H11ClN2O2/c15-12-2-1-5-16-13(12)17-14(18)9-3-4-10-7-19-8-11(10)6-9/h1-6H,7-8H2,(H,16,17,18). The zero-order valence-corrected chi connectivity index (χ0v) is 10.8. The molecule has 1 aromatic carbocycles. The van der Waals surface area contributed by atoms with Gasteiger partial charge in [0, 0.05) is 11.8 Å². The Hall–Kier alpha value is -1.91. The van der Waals surface area contributed by atoms with Gasteiger partial charge in [0.1, 0.15) is 0 Å². The minimum atomic E-state index is -0.227. The fraction of sp³-hybridized carbons (Fsp3) is 0.143. The number of halogens is 1. The van der Waals surface area contributed by atoms with Gasteiger partial charge in [-0.05, 0) is 35.4 Å². The van der Waals surface area contributed by atoms with E-state index in [-0.39, 0.29) is 5.91 Å². The Morgan fingerprint density at radius 2 is 2.11 bits per heavy atom. The van der Waals surface area contributed by atoms with Crippen molar-refractivity contribution in [1.82, 2.24) is 4.98 Å². The maximum atomic E-state index is 12.1. The number of hydrogen-bond acceptors (Lipinski definition) is 3. The smallest absolute Gasteiger partial charge is 0.256 e. The lowest BCUT2D eigenvalue weighted by Gasteiger charge is -2.07. The van der Waals surface area contributed by atoms with E-state index in [4.69, 9.17) is 16.3 Å².